The molecular formula is C19H20N6O. The molecule has 0 unspecified atom stereocenters. The van der Waals surface area contributed by atoms with Crippen molar-refractivity contribution in [3.05, 3.63) is 54.1 Å². The molecule has 1 fully saturated rings. The fourth-order valence-corrected chi connectivity index (χ4v) is 3.28. The summed E-state index contributed by atoms with van der Waals surface area (Å²) in [4.78, 5) is 25.4. The monoisotopic (exact) mass is 348 g/mol. The van der Waals surface area contributed by atoms with Crippen LogP contribution in [-0.2, 0) is 0 Å². The zero-order valence-corrected chi connectivity index (χ0v) is 14.6. The number of rotatable bonds is 4. The molecule has 3 aromatic heterocycles. The summed E-state index contributed by atoms with van der Waals surface area (Å²) in [6.07, 6.45) is 11.2. The van der Waals surface area contributed by atoms with E-state index in [0.29, 0.717) is 23.1 Å². The molecule has 1 saturated carbocycles. The van der Waals surface area contributed by atoms with E-state index in [2.05, 4.69) is 25.4 Å². The van der Waals surface area contributed by atoms with E-state index in [9.17, 15) is 4.79 Å². The number of hydrogen-bond donors (Lipinski definition) is 1. The van der Waals surface area contributed by atoms with Crippen molar-refractivity contribution in [2.75, 3.05) is 5.32 Å². The number of hydrogen-bond acceptors (Lipinski definition) is 5. The maximum absolute atomic E-state index is 12.6. The van der Waals surface area contributed by atoms with Gasteiger partial charge in [-0.05, 0) is 31.9 Å². The predicted octanol–water partition coefficient (Wildman–Crippen LogP) is 3.41. The summed E-state index contributed by atoms with van der Waals surface area (Å²) < 4.78 is 1.95. The van der Waals surface area contributed by atoms with Gasteiger partial charge >= 0.3 is 0 Å². The van der Waals surface area contributed by atoms with E-state index in [-0.39, 0.29) is 5.91 Å². The van der Waals surface area contributed by atoms with Gasteiger partial charge in [0.1, 0.15) is 11.5 Å². The van der Waals surface area contributed by atoms with Gasteiger partial charge in [-0.25, -0.2) is 14.6 Å². The first-order valence-electron chi connectivity index (χ1n) is 8.81. The Labute approximate surface area is 151 Å². The van der Waals surface area contributed by atoms with Crippen molar-refractivity contribution >= 4 is 11.7 Å². The number of nitrogens with zero attached hydrogens (tertiary/aromatic N) is 5. The molecule has 0 spiro atoms. The smallest absolute Gasteiger partial charge is 0.259 e. The van der Waals surface area contributed by atoms with Crippen LogP contribution >= 0.6 is 0 Å². The number of amides is 1. The highest BCUT2D eigenvalue weighted by Gasteiger charge is 2.22. The van der Waals surface area contributed by atoms with Gasteiger partial charge in [-0.1, -0.05) is 18.9 Å². The summed E-state index contributed by atoms with van der Waals surface area (Å²) >= 11 is 0. The van der Waals surface area contributed by atoms with E-state index < -0.39 is 0 Å². The van der Waals surface area contributed by atoms with Crippen molar-refractivity contribution in [2.24, 2.45) is 0 Å². The normalized spacial score (nSPS) is 14.5. The zero-order valence-electron chi connectivity index (χ0n) is 14.6. The zero-order chi connectivity index (χ0) is 17.9. The number of aromatic nitrogens is 5. The molecule has 4 rings (SSSR count). The molecule has 1 N–H and O–H groups in total. The number of pyridine rings is 1. The van der Waals surface area contributed by atoms with Gasteiger partial charge in [0, 0.05) is 24.2 Å². The summed E-state index contributed by atoms with van der Waals surface area (Å²) in [7, 11) is 0. The topological polar surface area (TPSA) is 85.6 Å². The average molecular weight is 348 g/mol. The molecule has 7 nitrogen and oxygen atoms in total. The molecule has 0 bridgehead atoms. The van der Waals surface area contributed by atoms with E-state index in [0.717, 1.165) is 24.2 Å². The van der Waals surface area contributed by atoms with E-state index in [1.54, 1.807) is 12.4 Å². The Bertz CT molecular complexity index is 898. The average Bonchev–Trinajstić information content (AvgIpc) is 3.33. The Morgan fingerprint density at radius 1 is 1.12 bits per heavy atom. The first-order chi connectivity index (χ1) is 12.7. The standard InChI is InChI=1S/C19H20N6O/c1-13-10-23-25(15-6-2-3-7-15)18(13)24-19(26)14-11-21-17(22-12-14)16-8-4-5-9-20-16/h4-5,8-12,15H,2-3,6-7H2,1H3,(H,24,26). The maximum atomic E-state index is 12.6. The van der Waals surface area contributed by atoms with Crippen LogP contribution in [0.25, 0.3) is 11.5 Å². The lowest BCUT2D eigenvalue weighted by Crippen LogP contribution is -2.18. The summed E-state index contributed by atoms with van der Waals surface area (Å²) in [5.41, 5.74) is 2.04. The van der Waals surface area contributed by atoms with Crippen LogP contribution in [0, 0.1) is 6.92 Å². The van der Waals surface area contributed by atoms with Crippen molar-refractivity contribution < 1.29 is 4.79 Å². The van der Waals surface area contributed by atoms with Gasteiger partial charge in [0.15, 0.2) is 5.82 Å². The second-order valence-corrected chi connectivity index (χ2v) is 6.52. The highest BCUT2D eigenvalue weighted by atomic mass is 16.1. The van der Waals surface area contributed by atoms with Gasteiger partial charge in [0.25, 0.3) is 5.91 Å². The Hall–Kier alpha value is -3.09. The third-order valence-electron chi connectivity index (χ3n) is 4.69. The molecule has 132 valence electrons. The number of carbonyl (C=O) groups is 1. The first-order valence-corrected chi connectivity index (χ1v) is 8.81. The van der Waals surface area contributed by atoms with Crippen molar-refractivity contribution in [1.82, 2.24) is 24.7 Å². The van der Waals surface area contributed by atoms with Crippen LogP contribution < -0.4 is 5.32 Å². The van der Waals surface area contributed by atoms with Gasteiger partial charge in [0.05, 0.1) is 17.8 Å². The molecule has 1 amide bonds. The molecule has 26 heavy (non-hydrogen) atoms. The first kappa shape index (κ1) is 16.4. The molecule has 0 atom stereocenters. The van der Waals surface area contributed by atoms with Gasteiger partial charge in [-0.3, -0.25) is 9.78 Å². The van der Waals surface area contributed by atoms with Crippen LogP contribution in [0.1, 0.15) is 47.6 Å². The molecule has 1 aliphatic rings. The molecule has 1 aliphatic carbocycles. The van der Waals surface area contributed by atoms with E-state index in [4.69, 9.17) is 0 Å². The van der Waals surface area contributed by atoms with Crippen molar-refractivity contribution in [3.63, 3.8) is 0 Å². The fourth-order valence-electron chi connectivity index (χ4n) is 3.28. The van der Waals surface area contributed by atoms with Crippen LogP contribution in [0.15, 0.2) is 43.0 Å². The Balaban J connectivity index is 1.53. The van der Waals surface area contributed by atoms with Gasteiger partial charge in [0.2, 0.25) is 0 Å². The molecular weight excluding hydrogens is 328 g/mol. The SMILES string of the molecule is Cc1cnn(C2CCCC2)c1NC(=O)c1cnc(-c2ccccn2)nc1. The molecule has 0 aliphatic heterocycles. The minimum atomic E-state index is -0.236. The Kier molecular flexibility index (Phi) is 4.43. The molecule has 0 radical (unpaired) electrons. The van der Waals surface area contributed by atoms with Crippen molar-refractivity contribution in [1.29, 1.82) is 0 Å². The lowest BCUT2D eigenvalue weighted by Gasteiger charge is -2.15. The van der Waals surface area contributed by atoms with Crippen LogP contribution in [0.4, 0.5) is 5.82 Å². The van der Waals surface area contributed by atoms with Gasteiger partial charge in [-0.15, -0.1) is 0 Å². The summed E-state index contributed by atoms with van der Waals surface area (Å²) in [6.45, 7) is 1.95. The van der Waals surface area contributed by atoms with Crippen molar-refractivity contribution in [2.45, 2.75) is 38.6 Å². The molecule has 0 saturated heterocycles. The van der Waals surface area contributed by atoms with Crippen LogP contribution in [-0.4, -0.2) is 30.6 Å². The lowest BCUT2D eigenvalue weighted by molar-refractivity contribution is 0.102. The highest BCUT2D eigenvalue weighted by molar-refractivity contribution is 6.03. The Morgan fingerprint density at radius 2 is 1.88 bits per heavy atom. The summed E-state index contributed by atoms with van der Waals surface area (Å²) in [6, 6.07) is 5.90. The summed E-state index contributed by atoms with van der Waals surface area (Å²) in [5.74, 6) is 1.02. The minimum absolute atomic E-state index is 0.236. The molecule has 7 heteroatoms. The molecule has 3 heterocycles. The number of aryl methyl sites for hydroxylation is 1. The third-order valence-corrected chi connectivity index (χ3v) is 4.69. The van der Waals surface area contributed by atoms with Crippen LogP contribution in [0.5, 0.6) is 0 Å². The van der Waals surface area contributed by atoms with Gasteiger partial charge in [-0.2, -0.15) is 5.10 Å². The van der Waals surface area contributed by atoms with E-state index in [1.807, 2.05) is 29.8 Å². The number of carbonyl (C=O) groups excluding carboxylic acids is 1. The Morgan fingerprint density at radius 3 is 2.58 bits per heavy atom. The van der Waals surface area contributed by atoms with Crippen LogP contribution in [0.2, 0.25) is 0 Å². The quantitative estimate of drug-likeness (QED) is 0.781. The van der Waals surface area contributed by atoms with E-state index >= 15 is 0 Å². The largest absolute Gasteiger partial charge is 0.306 e. The second kappa shape index (κ2) is 7.03. The van der Waals surface area contributed by atoms with E-state index in [1.165, 1.54) is 25.2 Å². The van der Waals surface area contributed by atoms with Crippen molar-refractivity contribution in [3.8, 4) is 11.5 Å². The number of nitrogens with one attached hydrogen (secondary N) is 1. The predicted molar refractivity (Wildman–Crippen MR) is 97.7 cm³/mol. The molecule has 0 aromatic carbocycles. The highest BCUT2D eigenvalue weighted by Crippen LogP contribution is 2.32. The fraction of sp³-hybridized carbons (Fsp3) is 0.316. The van der Waals surface area contributed by atoms with Crippen LogP contribution in [0.3, 0.4) is 0 Å². The number of anilines is 1. The minimum Gasteiger partial charge on any atom is -0.306 e. The van der Waals surface area contributed by atoms with Gasteiger partial charge < -0.3 is 5.32 Å². The third kappa shape index (κ3) is 3.20. The lowest BCUT2D eigenvalue weighted by atomic mass is 10.2. The maximum Gasteiger partial charge on any atom is 0.259 e. The molecule has 3 aromatic rings. The second-order valence-electron chi connectivity index (χ2n) is 6.52. The summed E-state index contributed by atoms with van der Waals surface area (Å²) in [5, 5.41) is 7.44.